The number of likely N-dealkylation sites (N-methyl/N-ethyl adjacent to an activating group) is 1. The van der Waals surface area contributed by atoms with Crippen LogP contribution in [0.15, 0.2) is 24.3 Å². The fourth-order valence-electron chi connectivity index (χ4n) is 2.40. The lowest BCUT2D eigenvalue weighted by molar-refractivity contribution is 0.179. The third-order valence-corrected chi connectivity index (χ3v) is 3.61. The monoisotopic (exact) mass is 278 g/mol. The average molecular weight is 278 g/mol. The first kappa shape index (κ1) is 17.0. The van der Waals surface area contributed by atoms with Crippen molar-refractivity contribution in [3.63, 3.8) is 0 Å². The van der Waals surface area contributed by atoms with Crippen LogP contribution in [0, 0.1) is 5.92 Å². The molecule has 1 unspecified atom stereocenters. The Labute approximate surface area is 124 Å². The van der Waals surface area contributed by atoms with Crippen molar-refractivity contribution in [3.8, 4) is 5.75 Å². The van der Waals surface area contributed by atoms with E-state index in [9.17, 15) is 0 Å². The van der Waals surface area contributed by atoms with Crippen LogP contribution < -0.4 is 10.1 Å². The van der Waals surface area contributed by atoms with Gasteiger partial charge in [0, 0.05) is 25.2 Å². The van der Waals surface area contributed by atoms with Crippen LogP contribution >= 0.6 is 0 Å². The molecule has 1 aromatic carbocycles. The molecule has 0 bridgehead atoms. The Hall–Kier alpha value is -1.06. The summed E-state index contributed by atoms with van der Waals surface area (Å²) in [7, 11) is 3.73. The number of benzene rings is 1. The van der Waals surface area contributed by atoms with Crippen molar-refractivity contribution < 1.29 is 4.74 Å². The highest BCUT2D eigenvalue weighted by atomic mass is 16.5. The second-order valence-electron chi connectivity index (χ2n) is 6.06. The van der Waals surface area contributed by atoms with Gasteiger partial charge >= 0.3 is 0 Å². The van der Waals surface area contributed by atoms with Crippen LogP contribution in [0.1, 0.15) is 39.3 Å². The molecule has 0 saturated heterocycles. The highest BCUT2D eigenvalue weighted by Gasteiger charge is 2.17. The maximum absolute atomic E-state index is 5.22. The second-order valence-corrected chi connectivity index (χ2v) is 6.06. The van der Waals surface area contributed by atoms with Gasteiger partial charge < -0.3 is 10.1 Å². The van der Waals surface area contributed by atoms with Crippen LogP contribution in [-0.2, 0) is 0 Å². The highest BCUT2D eigenvalue weighted by Crippen LogP contribution is 2.19. The minimum atomic E-state index is 0.349. The number of methoxy groups -OCH3 is 1. The van der Waals surface area contributed by atoms with E-state index in [1.165, 1.54) is 5.56 Å². The largest absolute Gasteiger partial charge is 0.497 e. The van der Waals surface area contributed by atoms with Gasteiger partial charge in [0.05, 0.1) is 7.11 Å². The van der Waals surface area contributed by atoms with Crippen LogP contribution in [-0.4, -0.2) is 38.2 Å². The maximum atomic E-state index is 5.22. The van der Waals surface area contributed by atoms with Crippen molar-refractivity contribution in [1.82, 2.24) is 10.2 Å². The molecule has 114 valence electrons. The molecule has 0 saturated carbocycles. The van der Waals surface area contributed by atoms with E-state index < -0.39 is 0 Å². The Bertz CT molecular complexity index is 373. The Morgan fingerprint density at radius 3 is 2.05 bits per heavy atom. The summed E-state index contributed by atoms with van der Waals surface area (Å²) >= 11 is 0. The van der Waals surface area contributed by atoms with Crippen molar-refractivity contribution in [2.45, 2.75) is 39.8 Å². The van der Waals surface area contributed by atoms with Gasteiger partial charge in [0.2, 0.25) is 0 Å². The van der Waals surface area contributed by atoms with Crippen LogP contribution in [0.3, 0.4) is 0 Å². The molecule has 1 rings (SSSR count). The van der Waals surface area contributed by atoms with Crippen molar-refractivity contribution in [2.75, 3.05) is 27.2 Å². The molecule has 1 atom stereocenters. The topological polar surface area (TPSA) is 24.5 Å². The lowest BCUT2D eigenvalue weighted by Crippen LogP contribution is -2.40. The van der Waals surface area contributed by atoms with Crippen molar-refractivity contribution in [1.29, 1.82) is 0 Å². The molecule has 0 fully saturated rings. The number of rotatable bonds is 8. The first-order chi connectivity index (χ1) is 9.47. The summed E-state index contributed by atoms with van der Waals surface area (Å²) < 4.78 is 5.22. The summed E-state index contributed by atoms with van der Waals surface area (Å²) in [6, 6.07) is 9.26. The van der Waals surface area contributed by atoms with Gasteiger partial charge in [-0.25, -0.2) is 0 Å². The molecule has 1 N–H and O–H groups in total. The lowest BCUT2D eigenvalue weighted by Gasteiger charge is -2.32. The quantitative estimate of drug-likeness (QED) is 0.789. The molecular formula is C17H30N2O. The summed E-state index contributed by atoms with van der Waals surface area (Å²) in [5, 5.41) is 3.43. The van der Waals surface area contributed by atoms with Crippen LogP contribution in [0.4, 0.5) is 0 Å². The summed E-state index contributed by atoms with van der Waals surface area (Å²) in [5.41, 5.74) is 1.31. The Morgan fingerprint density at radius 1 is 1.05 bits per heavy atom. The van der Waals surface area contributed by atoms with E-state index in [0.29, 0.717) is 18.0 Å². The smallest absolute Gasteiger partial charge is 0.118 e. The lowest BCUT2D eigenvalue weighted by atomic mass is 10.0. The van der Waals surface area contributed by atoms with Gasteiger partial charge in [0.15, 0.2) is 0 Å². The van der Waals surface area contributed by atoms with Gasteiger partial charge in [0.1, 0.15) is 5.75 Å². The third-order valence-electron chi connectivity index (χ3n) is 3.61. The normalized spacial score (nSPS) is 13.2. The molecule has 0 amide bonds. The Kier molecular flexibility index (Phi) is 7.03. The SMILES string of the molecule is CNC(CN(CC(C)C)C(C)C)c1ccc(OC)cc1. The van der Waals surface area contributed by atoms with E-state index in [1.54, 1.807) is 7.11 Å². The second kappa shape index (κ2) is 8.28. The van der Waals surface area contributed by atoms with E-state index in [0.717, 1.165) is 18.8 Å². The number of ether oxygens (including phenoxy) is 1. The Balaban J connectivity index is 2.77. The van der Waals surface area contributed by atoms with E-state index >= 15 is 0 Å². The first-order valence-corrected chi connectivity index (χ1v) is 7.53. The fourth-order valence-corrected chi connectivity index (χ4v) is 2.40. The predicted octanol–water partition coefficient (Wildman–Crippen LogP) is 3.32. The maximum Gasteiger partial charge on any atom is 0.118 e. The fraction of sp³-hybridized carbons (Fsp3) is 0.647. The molecule has 20 heavy (non-hydrogen) atoms. The molecule has 0 spiro atoms. The number of hydrogen-bond acceptors (Lipinski definition) is 3. The molecule has 0 radical (unpaired) electrons. The summed E-state index contributed by atoms with van der Waals surface area (Å²) in [4.78, 5) is 2.54. The van der Waals surface area contributed by atoms with Crippen molar-refractivity contribution >= 4 is 0 Å². The van der Waals surface area contributed by atoms with E-state index in [1.807, 2.05) is 19.2 Å². The van der Waals surface area contributed by atoms with Crippen LogP contribution in [0.2, 0.25) is 0 Å². The van der Waals surface area contributed by atoms with Crippen LogP contribution in [0.25, 0.3) is 0 Å². The average Bonchev–Trinajstić information content (AvgIpc) is 2.43. The predicted molar refractivity (Wildman–Crippen MR) is 86.3 cm³/mol. The van der Waals surface area contributed by atoms with E-state index in [4.69, 9.17) is 4.74 Å². The van der Waals surface area contributed by atoms with E-state index in [-0.39, 0.29) is 0 Å². The molecule has 0 aliphatic heterocycles. The molecule has 0 aliphatic carbocycles. The Morgan fingerprint density at radius 2 is 1.65 bits per heavy atom. The highest BCUT2D eigenvalue weighted by molar-refractivity contribution is 5.29. The van der Waals surface area contributed by atoms with Gasteiger partial charge in [0.25, 0.3) is 0 Å². The minimum absolute atomic E-state index is 0.349. The first-order valence-electron chi connectivity index (χ1n) is 7.53. The molecule has 0 aliphatic rings. The number of nitrogens with zero attached hydrogens (tertiary/aromatic N) is 1. The van der Waals surface area contributed by atoms with Gasteiger partial charge in [-0.15, -0.1) is 0 Å². The van der Waals surface area contributed by atoms with Gasteiger partial charge in [-0.2, -0.15) is 0 Å². The van der Waals surface area contributed by atoms with E-state index in [2.05, 4.69) is 50.0 Å². The minimum Gasteiger partial charge on any atom is -0.497 e. The summed E-state index contributed by atoms with van der Waals surface area (Å²) in [6.45, 7) is 11.2. The number of hydrogen-bond donors (Lipinski definition) is 1. The van der Waals surface area contributed by atoms with Crippen molar-refractivity contribution in [2.24, 2.45) is 5.92 Å². The van der Waals surface area contributed by atoms with Crippen molar-refractivity contribution in [3.05, 3.63) is 29.8 Å². The zero-order valence-electron chi connectivity index (χ0n) is 13.8. The molecule has 3 heteroatoms. The molecule has 3 nitrogen and oxygen atoms in total. The number of nitrogens with one attached hydrogen (secondary N) is 1. The zero-order valence-corrected chi connectivity index (χ0v) is 13.8. The standard InChI is InChI=1S/C17H30N2O/c1-13(2)11-19(14(3)4)12-17(18-5)15-7-9-16(20-6)10-8-15/h7-10,13-14,17-18H,11-12H2,1-6H3. The molecule has 1 aromatic rings. The molecular weight excluding hydrogens is 248 g/mol. The summed E-state index contributed by atoms with van der Waals surface area (Å²) in [5.74, 6) is 1.59. The van der Waals surface area contributed by atoms with Gasteiger partial charge in [-0.05, 0) is 44.5 Å². The van der Waals surface area contributed by atoms with Gasteiger partial charge in [-0.1, -0.05) is 26.0 Å². The molecule has 0 heterocycles. The zero-order chi connectivity index (χ0) is 15.1. The third kappa shape index (κ3) is 5.14. The molecule has 0 aromatic heterocycles. The summed E-state index contributed by atoms with van der Waals surface area (Å²) in [6.07, 6.45) is 0. The van der Waals surface area contributed by atoms with Gasteiger partial charge in [-0.3, -0.25) is 4.90 Å². The van der Waals surface area contributed by atoms with Crippen LogP contribution in [0.5, 0.6) is 5.75 Å².